The normalized spacial score (nSPS) is 21.3. The van der Waals surface area contributed by atoms with Gasteiger partial charge >= 0.3 is 0 Å². The van der Waals surface area contributed by atoms with Crippen LogP contribution in [0.2, 0.25) is 0 Å². The summed E-state index contributed by atoms with van der Waals surface area (Å²) in [5.74, 6) is 0.325. The molecule has 0 radical (unpaired) electrons. The van der Waals surface area contributed by atoms with Gasteiger partial charge in [0, 0.05) is 23.5 Å². The SMILES string of the molecule is CN(C)Cc1cccc(/C=C/c2n[nH]c3cc([C@@H]4CC45C(=O)Nc4ccccc45)ccc23)c1. The van der Waals surface area contributed by atoms with Gasteiger partial charge in [-0.15, -0.1) is 0 Å². The quantitative estimate of drug-likeness (QED) is 0.455. The number of fused-ring (bicyclic) bond motifs is 3. The van der Waals surface area contributed by atoms with Gasteiger partial charge in [0.1, 0.15) is 0 Å². The van der Waals surface area contributed by atoms with Crippen molar-refractivity contribution in [2.45, 2.75) is 24.3 Å². The number of nitrogens with one attached hydrogen (secondary N) is 2. The van der Waals surface area contributed by atoms with Gasteiger partial charge in [0.2, 0.25) is 5.91 Å². The molecule has 2 aliphatic rings. The summed E-state index contributed by atoms with van der Waals surface area (Å²) in [5, 5.41) is 11.9. The molecule has 1 saturated carbocycles. The third kappa shape index (κ3) is 3.28. The third-order valence-corrected chi connectivity index (χ3v) is 6.92. The van der Waals surface area contributed by atoms with Crippen LogP contribution in [0.5, 0.6) is 0 Å². The molecule has 4 aromatic rings. The van der Waals surface area contributed by atoms with Crippen molar-refractivity contribution in [2.24, 2.45) is 0 Å². The number of hydrogen-bond donors (Lipinski definition) is 2. The van der Waals surface area contributed by atoms with Crippen LogP contribution in [0.1, 0.15) is 40.3 Å². The lowest BCUT2D eigenvalue weighted by Crippen LogP contribution is -2.20. The van der Waals surface area contributed by atoms with Gasteiger partial charge in [-0.3, -0.25) is 9.89 Å². The molecule has 6 rings (SSSR count). The highest BCUT2D eigenvalue weighted by Gasteiger charge is 2.65. The Morgan fingerprint density at radius 1 is 1.06 bits per heavy atom. The Hall–Kier alpha value is -3.70. The lowest BCUT2D eigenvalue weighted by Gasteiger charge is -2.09. The number of amides is 1. The summed E-state index contributed by atoms with van der Waals surface area (Å²) in [7, 11) is 4.15. The first-order valence-electron chi connectivity index (χ1n) is 11.4. The molecule has 164 valence electrons. The van der Waals surface area contributed by atoms with Crippen LogP contribution in [0.15, 0.2) is 66.7 Å². The van der Waals surface area contributed by atoms with Gasteiger partial charge in [-0.05, 0) is 61.0 Å². The number of benzene rings is 3. The molecule has 5 heteroatoms. The molecule has 2 N–H and O–H groups in total. The minimum atomic E-state index is -0.412. The fourth-order valence-corrected chi connectivity index (χ4v) is 5.29. The van der Waals surface area contributed by atoms with Crippen LogP contribution < -0.4 is 5.32 Å². The lowest BCUT2D eigenvalue weighted by atomic mass is 9.92. The van der Waals surface area contributed by atoms with E-state index >= 15 is 0 Å². The Bertz CT molecular complexity index is 1420. The summed E-state index contributed by atoms with van der Waals surface area (Å²) >= 11 is 0. The van der Waals surface area contributed by atoms with Crippen LogP contribution in [-0.2, 0) is 16.8 Å². The molecular formula is C28H26N4O. The number of rotatable bonds is 5. The van der Waals surface area contributed by atoms with Gasteiger partial charge in [-0.2, -0.15) is 5.10 Å². The van der Waals surface area contributed by atoms with E-state index in [4.69, 9.17) is 0 Å². The number of carbonyl (C=O) groups is 1. The van der Waals surface area contributed by atoms with Crippen LogP contribution in [0, 0.1) is 0 Å². The third-order valence-electron chi connectivity index (χ3n) is 6.92. The Morgan fingerprint density at radius 3 is 2.82 bits per heavy atom. The standard InChI is InChI=1S/C28H26N4O/c1-32(2)17-19-7-5-6-18(14-19)10-13-24-21-12-11-20(15-26(21)31-30-24)23-16-28(23)22-8-3-4-9-25(22)29-27(28)33/h3-15,23H,16-17H2,1-2H3,(H,29,33)(H,30,31)/b13-10+/t23-,28?/m0/s1. The highest BCUT2D eigenvalue weighted by Crippen LogP contribution is 2.64. The summed E-state index contributed by atoms with van der Waals surface area (Å²) in [4.78, 5) is 15.0. The van der Waals surface area contributed by atoms with Gasteiger partial charge in [0.15, 0.2) is 0 Å². The van der Waals surface area contributed by atoms with E-state index in [1.54, 1.807) is 0 Å². The van der Waals surface area contributed by atoms with E-state index in [0.717, 1.165) is 46.4 Å². The summed E-state index contributed by atoms with van der Waals surface area (Å²) in [6.07, 6.45) is 5.02. The molecule has 0 saturated heterocycles. The van der Waals surface area contributed by atoms with Crippen LogP contribution in [-0.4, -0.2) is 35.1 Å². The lowest BCUT2D eigenvalue weighted by molar-refractivity contribution is -0.118. The first-order chi connectivity index (χ1) is 16.0. The van der Waals surface area contributed by atoms with Crippen LogP contribution in [0.4, 0.5) is 5.69 Å². The minimum Gasteiger partial charge on any atom is -0.325 e. The highest BCUT2D eigenvalue weighted by atomic mass is 16.2. The summed E-state index contributed by atoms with van der Waals surface area (Å²) in [5.41, 5.74) is 7.23. The average molecular weight is 435 g/mol. The van der Waals surface area contributed by atoms with Crippen LogP contribution in [0.25, 0.3) is 23.1 Å². The predicted octanol–water partition coefficient (Wildman–Crippen LogP) is 5.17. The van der Waals surface area contributed by atoms with Crippen LogP contribution >= 0.6 is 0 Å². The molecule has 1 unspecified atom stereocenters. The van der Waals surface area contributed by atoms with E-state index < -0.39 is 5.41 Å². The molecule has 0 bridgehead atoms. The number of aromatic nitrogens is 2. The monoisotopic (exact) mass is 434 g/mol. The first kappa shape index (κ1) is 19.9. The van der Waals surface area contributed by atoms with E-state index in [1.165, 1.54) is 11.1 Å². The molecule has 2 heterocycles. The van der Waals surface area contributed by atoms with Crippen molar-refractivity contribution >= 4 is 34.6 Å². The highest BCUT2D eigenvalue weighted by molar-refractivity contribution is 6.09. The number of para-hydroxylation sites is 1. The van der Waals surface area contributed by atoms with Crippen molar-refractivity contribution in [2.75, 3.05) is 19.4 Å². The maximum absolute atomic E-state index is 12.8. The number of anilines is 1. The second-order valence-corrected chi connectivity index (χ2v) is 9.46. The van der Waals surface area contributed by atoms with Gasteiger partial charge in [-0.25, -0.2) is 0 Å². The zero-order chi connectivity index (χ0) is 22.6. The van der Waals surface area contributed by atoms with Crippen molar-refractivity contribution < 1.29 is 4.79 Å². The topological polar surface area (TPSA) is 61.0 Å². The van der Waals surface area contributed by atoms with Crippen molar-refractivity contribution in [3.63, 3.8) is 0 Å². The number of aromatic amines is 1. The molecule has 1 spiro atoms. The van der Waals surface area contributed by atoms with Gasteiger partial charge in [0.25, 0.3) is 0 Å². The number of hydrogen-bond acceptors (Lipinski definition) is 3. The Balaban J connectivity index is 1.26. The Morgan fingerprint density at radius 2 is 1.94 bits per heavy atom. The zero-order valence-corrected chi connectivity index (χ0v) is 18.8. The molecule has 2 atom stereocenters. The van der Waals surface area contributed by atoms with E-state index in [0.29, 0.717) is 0 Å². The Kier molecular flexibility index (Phi) is 4.49. The van der Waals surface area contributed by atoms with E-state index in [2.05, 4.69) is 95.2 Å². The molecule has 5 nitrogen and oxygen atoms in total. The largest absolute Gasteiger partial charge is 0.325 e. The molecular weight excluding hydrogens is 408 g/mol. The summed E-state index contributed by atoms with van der Waals surface area (Å²) < 4.78 is 0. The summed E-state index contributed by atoms with van der Waals surface area (Å²) in [6, 6.07) is 23.1. The number of carbonyl (C=O) groups excluding carboxylic acids is 1. The van der Waals surface area contributed by atoms with Crippen molar-refractivity contribution in [3.8, 4) is 0 Å². The van der Waals surface area contributed by atoms with Crippen molar-refractivity contribution in [1.29, 1.82) is 0 Å². The second-order valence-electron chi connectivity index (χ2n) is 9.46. The number of H-pyrrole nitrogens is 1. The fourth-order valence-electron chi connectivity index (χ4n) is 5.29. The molecule has 1 aromatic heterocycles. The molecule has 1 aliphatic carbocycles. The average Bonchev–Trinajstić information content (AvgIpc) is 3.34. The molecule has 1 amide bonds. The predicted molar refractivity (Wildman–Crippen MR) is 133 cm³/mol. The van der Waals surface area contributed by atoms with E-state index in [-0.39, 0.29) is 11.8 Å². The van der Waals surface area contributed by atoms with Crippen LogP contribution in [0.3, 0.4) is 0 Å². The zero-order valence-electron chi connectivity index (χ0n) is 18.8. The van der Waals surface area contributed by atoms with Gasteiger partial charge in [0.05, 0.1) is 16.6 Å². The molecule has 3 aromatic carbocycles. The maximum atomic E-state index is 12.8. The van der Waals surface area contributed by atoms with Crippen molar-refractivity contribution in [1.82, 2.24) is 15.1 Å². The maximum Gasteiger partial charge on any atom is 0.235 e. The van der Waals surface area contributed by atoms with Gasteiger partial charge < -0.3 is 10.2 Å². The second kappa shape index (κ2) is 7.42. The molecule has 33 heavy (non-hydrogen) atoms. The smallest absolute Gasteiger partial charge is 0.235 e. The van der Waals surface area contributed by atoms with E-state index in [9.17, 15) is 4.79 Å². The molecule has 1 fully saturated rings. The molecule has 1 aliphatic heterocycles. The van der Waals surface area contributed by atoms with Crippen molar-refractivity contribution in [3.05, 3.63) is 94.7 Å². The minimum absolute atomic E-state index is 0.124. The van der Waals surface area contributed by atoms with Gasteiger partial charge in [-0.1, -0.05) is 60.7 Å². The fraction of sp³-hybridized carbons (Fsp3) is 0.214. The number of nitrogens with zero attached hydrogens (tertiary/aromatic N) is 2. The Labute approximate surface area is 193 Å². The summed E-state index contributed by atoms with van der Waals surface area (Å²) in [6.45, 7) is 0.918. The first-order valence-corrected chi connectivity index (χ1v) is 11.4. The van der Waals surface area contributed by atoms with E-state index in [1.807, 2.05) is 18.2 Å².